The van der Waals surface area contributed by atoms with Crippen LogP contribution in [0.4, 0.5) is 9.18 Å². The van der Waals surface area contributed by atoms with Crippen LogP contribution in [0.15, 0.2) is 0 Å². The molecule has 2 atom stereocenters. The lowest BCUT2D eigenvalue weighted by Gasteiger charge is -2.37. The Labute approximate surface area is 89.4 Å². The lowest BCUT2D eigenvalue weighted by atomic mass is 9.99. The molecule has 4 nitrogen and oxygen atoms in total. The summed E-state index contributed by atoms with van der Waals surface area (Å²) < 4.78 is 13.6. The van der Waals surface area contributed by atoms with Gasteiger partial charge in [0, 0.05) is 18.1 Å². The molecule has 1 saturated heterocycles. The van der Waals surface area contributed by atoms with Crippen molar-refractivity contribution in [2.24, 2.45) is 0 Å². The van der Waals surface area contributed by atoms with Gasteiger partial charge in [-0.2, -0.15) is 0 Å². The van der Waals surface area contributed by atoms with Crippen molar-refractivity contribution in [1.29, 1.82) is 0 Å². The van der Waals surface area contributed by atoms with E-state index in [-0.39, 0.29) is 18.1 Å². The number of piperidine rings is 1. The molecule has 5 heteroatoms. The number of nitrogens with one attached hydrogen (secondary N) is 1. The van der Waals surface area contributed by atoms with Gasteiger partial charge in [-0.25, -0.2) is 9.18 Å². The summed E-state index contributed by atoms with van der Waals surface area (Å²) in [5, 5.41) is 11.9. The second kappa shape index (κ2) is 4.35. The van der Waals surface area contributed by atoms with Crippen molar-refractivity contribution in [3.05, 3.63) is 0 Å². The van der Waals surface area contributed by atoms with E-state index in [0.29, 0.717) is 13.0 Å². The van der Waals surface area contributed by atoms with E-state index in [2.05, 4.69) is 5.32 Å². The Balaban J connectivity index is 2.49. The zero-order valence-electron chi connectivity index (χ0n) is 9.46. The Kier molecular flexibility index (Phi) is 3.54. The predicted octanol–water partition coefficient (Wildman–Crippen LogP) is 1.46. The number of amides is 1. The third kappa shape index (κ3) is 3.66. The Bertz CT molecular complexity index is 240. The van der Waals surface area contributed by atoms with E-state index in [9.17, 15) is 9.18 Å². The van der Waals surface area contributed by atoms with Gasteiger partial charge in [0.05, 0.1) is 6.54 Å². The number of likely N-dealkylation sites (tertiary alicyclic amines) is 1. The Morgan fingerprint density at radius 2 is 2.13 bits per heavy atom. The third-order valence-corrected chi connectivity index (χ3v) is 2.43. The highest BCUT2D eigenvalue weighted by Gasteiger charge is 2.33. The molecule has 0 spiro atoms. The average Bonchev–Trinajstić information content (AvgIpc) is 2.05. The van der Waals surface area contributed by atoms with Crippen LogP contribution in [0, 0.1) is 0 Å². The van der Waals surface area contributed by atoms with Crippen molar-refractivity contribution >= 4 is 6.09 Å². The maximum atomic E-state index is 13.6. The molecule has 88 valence electrons. The number of alkyl halides is 1. The van der Waals surface area contributed by atoms with Crippen LogP contribution in [0.1, 0.15) is 27.2 Å². The molecule has 1 amide bonds. The van der Waals surface area contributed by atoms with Gasteiger partial charge in [-0.15, -0.1) is 0 Å². The summed E-state index contributed by atoms with van der Waals surface area (Å²) >= 11 is 0. The van der Waals surface area contributed by atoms with Crippen molar-refractivity contribution in [3.8, 4) is 0 Å². The fourth-order valence-corrected chi connectivity index (χ4v) is 1.80. The lowest BCUT2D eigenvalue weighted by Crippen LogP contribution is -2.56. The molecule has 1 heterocycles. The van der Waals surface area contributed by atoms with E-state index in [1.807, 2.05) is 20.8 Å². The Morgan fingerprint density at radius 1 is 1.53 bits per heavy atom. The van der Waals surface area contributed by atoms with Crippen molar-refractivity contribution in [2.45, 2.75) is 44.9 Å². The second-order valence-electron chi connectivity index (χ2n) is 5.03. The molecule has 0 aromatic carbocycles. The van der Waals surface area contributed by atoms with Gasteiger partial charge in [-0.3, -0.25) is 0 Å². The molecule has 2 N–H and O–H groups in total. The summed E-state index contributed by atoms with van der Waals surface area (Å²) in [6.45, 7) is 6.31. The van der Waals surface area contributed by atoms with E-state index >= 15 is 0 Å². The van der Waals surface area contributed by atoms with Crippen LogP contribution in [0.25, 0.3) is 0 Å². The second-order valence-corrected chi connectivity index (χ2v) is 5.03. The van der Waals surface area contributed by atoms with Gasteiger partial charge in [0.2, 0.25) is 0 Å². The normalized spacial score (nSPS) is 27.9. The number of carbonyl (C=O) groups is 1. The van der Waals surface area contributed by atoms with Crippen LogP contribution in [0.3, 0.4) is 0 Å². The number of hydrogen-bond donors (Lipinski definition) is 2. The van der Waals surface area contributed by atoms with Gasteiger partial charge >= 0.3 is 6.09 Å². The molecule has 0 aromatic rings. The summed E-state index contributed by atoms with van der Waals surface area (Å²) in [5.74, 6) is 0. The van der Waals surface area contributed by atoms with E-state index in [1.54, 1.807) is 0 Å². The molecular weight excluding hydrogens is 199 g/mol. The fraction of sp³-hybridized carbons (Fsp3) is 0.900. The number of hydrogen-bond acceptors (Lipinski definition) is 2. The van der Waals surface area contributed by atoms with E-state index in [1.165, 1.54) is 0 Å². The molecule has 15 heavy (non-hydrogen) atoms. The van der Waals surface area contributed by atoms with Crippen LogP contribution in [0.5, 0.6) is 0 Å². The molecule has 1 fully saturated rings. The summed E-state index contributed by atoms with van der Waals surface area (Å²) in [5.41, 5.74) is -0.138. The molecule has 0 saturated carbocycles. The van der Waals surface area contributed by atoms with Gasteiger partial charge < -0.3 is 15.3 Å². The third-order valence-electron chi connectivity index (χ3n) is 2.43. The Morgan fingerprint density at radius 3 is 2.53 bits per heavy atom. The molecule has 0 radical (unpaired) electrons. The van der Waals surface area contributed by atoms with Crippen LogP contribution >= 0.6 is 0 Å². The van der Waals surface area contributed by atoms with Crippen molar-refractivity contribution in [2.75, 3.05) is 13.1 Å². The number of halogens is 1. The summed E-state index contributed by atoms with van der Waals surface area (Å²) in [6, 6.07) is -0.236. The van der Waals surface area contributed by atoms with E-state index in [0.717, 1.165) is 4.90 Å². The molecular formula is C10H19FN2O2. The fourth-order valence-electron chi connectivity index (χ4n) is 1.80. The van der Waals surface area contributed by atoms with E-state index < -0.39 is 12.3 Å². The van der Waals surface area contributed by atoms with Crippen LogP contribution in [-0.4, -0.2) is 46.9 Å². The quantitative estimate of drug-likeness (QED) is 0.700. The van der Waals surface area contributed by atoms with Gasteiger partial charge in [0.15, 0.2) is 0 Å². The van der Waals surface area contributed by atoms with Crippen LogP contribution < -0.4 is 5.32 Å². The molecule has 1 rings (SSSR count). The highest BCUT2D eigenvalue weighted by atomic mass is 19.1. The monoisotopic (exact) mass is 218 g/mol. The minimum atomic E-state index is -1.12. The zero-order chi connectivity index (χ0) is 11.6. The molecule has 1 aliphatic rings. The van der Waals surface area contributed by atoms with Gasteiger partial charge in [0.1, 0.15) is 6.17 Å². The predicted molar refractivity (Wildman–Crippen MR) is 55.8 cm³/mol. The van der Waals surface area contributed by atoms with Crippen LogP contribution in [0.2, 0.25) is 0 Å². The maximum Gasteiger partial charge on any atom is 0.407 e. The minimum absolute atomic E-state index is 0.0247. The first-order valence-corrected chi connectivity index (χ1v) is 5.19. The molecule has 0 aromatic heterocycles. The minimum Gasteiger partial charge on any atom is -0.465 e. The van der Waals surface area contributed by atoms with Gasteiger partial charge in [0.25, 0.3) is 0 Å². The maximum absolute atomic E-state index is 13.6. The van der Waals surface area contributed by atoms with Crippen molar-refractivity contribution in [1.82, 2.24) is 10.2 Å². The highest BCUT2D eigenvalue weighted by Crippen LogP contribution is 2.17. The van der Waals surface area contributed by atoms with Crippen molar-refractivity contribution in [3.63, 3.8) is 0 Å². The first kappa shape index (κ1) is 12.2. The lowest BCUT2D eigenvalue weighted by molar-refractivity contribution is 0.0811. The molecule has 0 bridgehead atoms. The molecule has 1 aliphatic heterocycles. The highest BCUT2D eigenvalue weighted by molar-refractivity contribution is 5.65. The molecule has 0 unspecified atom stereocenters. The number of nitrogens with zero attached hydrogens (tertiary/aromatic N) is 1. The smallest absolute Gasteiger partial charge is 0.407 e. The van der Waals surface area contributed by atoms with Gasteiger partial charge in [-0.1, -0.05) is 0 Å². The van der Waals surface area contributed by atoms with E-state index in [4.69, 9.17) is 5.11 Å². The van der Waals surface area contributed by atoms with Gasteiger partial charge in [-0.05, 0) is 27.2 Å². The number of rotatable bonds is 1. The SMILES string of the molecule is CC(C)(C)N[C@@H]1CCN(C(=O)O)C[C@@H]1F. The summed E-state index contributed by atoms with van der Waals surface area (Å²) in [4.78, 5) is 11.8. The first-order valence-electron chi connectivity index (χ1n) is 5.19. The summed E-state index contributed by atoms with van der Waals surface area (Å²) in [6.07, 6.45) is -1.62. The van der Waals surface area contributed by atoms with Crippen LogP contribution in [-0.2, 0) is 0 Å². The van der Waals surface area contributed by atoms with Crippen molar-refractivity contribution < 1.29 is 14.3 Å². The largest absolute Gasteiger partial charge is 0.465 e. The molecule has 0 aliphatic carbocycles. The Hall–Kier alpha value is -0.840. The average molecular weight is 218 g/mol. The number of carboxylic acid groups (broad SMARTS) is 1. The summed E-state index contributed by atoms with van der Waals surface area (Å²) in [7, 11) is 0. The topological polar surface area (TPSA) is 52.6 Å². The standard InChI is InChI=1S/C10H19FN2O2/c1-10(2,3)12-8-4-5-13(9(14)15)6-7(8)11/h7-8,12H,4-6H2,1-3H3,(H,14,15)/t7-,8+/m0/s1. The first-order chi connectivity index (χ1) is 6.79. The zero-order valence-corrected chi connectivity index (χ0v) is 9.46.